The largest absolute Gasteiger partial charge is 0.279 e. The number of fused-ring (bicyclic) bond motifs is 1. The van der Waals surface area contributed by atoms with E-state index >= 15 is 0 Å². The first kappa shape index (κ1) is 17.8. The van der Waals surface area contributed by atoms with E-state index in [1.165, 1.54) is 23.5 Å². The summed E-state index contributed by atoms with van der Waals surface area (Å²) in [5.74, 6) is -0.505. The first-order valence-electron chi connectivity index (χ1n) is 8.12. The number of benzene rings is 2. The van der Waals surface area contributed by atoms with Crippen LogP contribution in [0.4, 0.5) is 9.52 Å². The number of rotatable bonds is 4. The Kier molecular flexibility index (Phi) is 4.96. The van der Waals surface area contributed by atoms with Crippen molar-refractivity contribution in [3.05, 3.63) is 88.4 Å². The van der Waals surface area contributed by atoms with Gasteiger partial charge in [0, 0.05) is 22.4 Å². The van der Waals surface area contributed by atoms with Crippen molar-refractivity contribution >= 4 is 48.5 Å². The molecule has 134 valence electrons. The van der Waals surface area contributed by atoms with Crippen LogP contribution < -0.4 is 4.90 Å². The highest BCUT2D eigenvalue weighted by Crippen LogP contribution is 2.31. The Balaban J connectivity index is 1.77. The van der Waals surface area contributed by atoms with Crippen LogP contribution in [-0.4, -0.2) is 15.9 Å². The number of thiazole rings is 1. The lowest BCUT2D eigenvalue weighted by molar-refractivity contribution is 0.0985. The Bertz CT molecular complexity index is 1120. The van der Waals surface area contributed by atoms with Crippen LogP contribution >= 0.6 is 27.3 Å². The van der Waals surface area contributed by atoms with Crippen molar-refractivity contribution in [2.75, 3.05) is 4.90 Å². The van der Waals surface area contributed by atoms with E-state index in [1.54, 1.807) is 35.5 Å². The summed E-state index contributed by atoms with van der Waals surface area (Å²) >= 11 is 4.69. The fourth-order valence-corrected chi connectivity index (χ4v) is 4.07. The van der Waals surface area contributed by atoms with Gasteiger partial charge in [-0.2, -0.15) is 0 Å². The summed E-state index contributed by atoms with van der Waals surface area (Å²) in [4.78, 5) is 23.5. The number of hydrogen-bond acceptors (Lipinski definition) is 4. The van der Waals surface area contributed by atoms with Crippen LogP contribution in [0.15, 0.2) is 71.5 Å². The highest BCUT2D eigenvalue weighted by molar-refractivity contribution is 9.10. The fraction of sp³-hybridized carbons (Fsp3) is 0.0500. The highest BCUT2D eigenvalue weighted by Gasteiger charge is 2.22. The Morgan fingerprint density at radius 2 is 2.04 bits per heavy atom. The predicted molar refractivity (Wildman–Crippen MR) is 108 cm³/mol. The van der Waals surface area contributed by atoms with Gasteiger partial charge in [0.1, 0.15) is 5.82 Å². The molecule has 2 aromatic heterocycles. The van der Waals surface area contributed by atoms with Crippen molar-refractivity contribution in [3.63, 3.8) is 0 Å². The zero-order chi connectivity index (χ0) is 18.8. The van der Waals surface area contributed by atoms with Crippen LogP contribution in [0.1, 0.15) is 15.9 Å². The molecular weight excluding hydrogens is 429 g/mol. The monoisotopic (exact) mass is 441 g/mol. The third-order valence-electron chi connectivity index (χ3n) is 3.95. The molecule has 2 aromatic carbocycles. The van der Waals surface area contributed by atoms with Gasteiger partial charge in [0.15, 0.2) is 5.13 Å². The van der Waals surface area contributed by atoms with Crippen LogP contribution in [-0.2, 0) is 6.54 Å². The molecule has 0 N–H and O–H groups in total. The number of pyridine rings is 1. The molecule has 4 nitrogen and oxygen atoms in total. The van der Waals surface area contributed by atoms with E-state index in [4.69, 9.17) is 0 Å². The van der Waals surface area contributed by atoms with Gasteiger partial charge in [-0.05, 0) is 48.0 Å². The lowest BCUT2D eigenvalue weighted by Crippen LogP contribution is -2.30. The van der Waals surface area contributed by atoms with E-state index in [9.17, 15) is 9.18 Å². The molecule has 0 atom stereocenters. The molecule has 0 bridgehead atoms. The first-order valence-corrected chi connectivity index (χ1v) is 9.73. The summed E-state index contributed by atoms with van der Waals surface area (Å²) in [6.45, 7) is 0.321. The third-order valence-corrected chi connectivity index (χ3v) is 5.48. The molecule has 4 aromatic rings. The summed E-state index contributed by atoms with van der Waals surface area (Å²) < 4.78 is 15.1. The van der Waals surface area contributed by atoms with Crippen molar-refractivity contribution in [2.24, 2.45) is 0 Å². The van der Waals surface area contributed by atoms with Crippen LogP contribution in [0.2, 0.25) is 0 Å². The van der Waals surface area contributed by atoms with Crippen LogP contribution in [0.25, 0.3) is 10.2 Å². The van der Waals surface area contributed by atoms with Crippen molar-refractivity contribution in [1.29, 1.82) is 0 Å². The molecule has 7 heteroatoms. The van der Waals surface area contributed by atoms with Crippen molar-refractivity contribution in [2.45, 2.75) is 6.54 Å². The van der Waals surface area contributed by atoms with Gasteiger partial charge in [0.2, 0.25) is 0 Å². The number of amides is 1. The van der Waals surface area contributed by atoms with Crippen LogP contribution in [0, 0.1) is 5.82 Å². The van der Waals surface area contributed by atoms with E-state index < -0.39 is 0 Å². The SMILES string of the molecule is O=C(c1cccc(Br)c1)N(Cc1cccnc1)c1nc2ccc(F)cc2s1. The number of anilines is 1. The lowest BCUT2D eigenvalue weighted by Gasteiger charge is -2.20. The quantitative estimate of drug-likeness (QED) is 0.423. The normalized spacial score (nSPS) is 10.9. The van der Waals surface area contributed by atoms with Crippen molar-refractivity contribution in [3.8, 4) is 0 Å². The minimum absolute atomic E-state index is 0.181. The van der Waals surface area contributed by atoms with Crippen molar-refractivity contribution < 1.29 is 9.18 Å². The van der Waals surface area contributed by atoms with Gasteiger partial charge in [0.05, 0.1) is 16.8 Å². The van der Waals surface area contributed by atoms with E-state index in [-0.39, 0.29) is 11.7 Å². The molecule has 1 amide bonds. The highest BCUT2D eigenvalue weighted by atomic mass is 79.9. The average molecular weight is 442 g/mol. The number of nitrogens with zero attached hydrogens (tertiary/aromatic N) is 3. The summed E-state index contributed by atoms with van der Waals surface area (Å²) in [5, 5.41) is 0.518. The molecule has 0 saturated heterocycles. The molecule has 0 aliphatic rings. The van der Waals surface area contributed by atoms with Gasteiger partial charge in [-0.25, -0.2) is 9.37 Å². The van der Waals surface area contributed by atoms with E-state index in [0.29, 0.717) is 27.5 Å². The minimum atomic E-state index is -0.324. The molecule has 0 radical (unpaired) electrons. The van der Waals surface area contributed by atoms with Crippen LogP contribution in [0.3, 0.4) is 0 Å². The van der Waals surface area contributed by atoms with Crippen molar-refractivity contribution in [1.82, 2.24) is 9.97 Å². The van der Waals surface area contributed by atoms with Gasteiger partial charge in [-0.1, -0.05) is 39.4 Å². The molecule has 27 heavy (non-hydrogen) atoms. The second-order valence-electron chi connectivity index (χ2n) is 5.87. The Hall–Kier alpha value is -2.64. The molecule has 0 aliphatic heterocycles. The lowest BCUT2D eigenvalue weighted by atomic mass is 10.2. The zero-order valence-electron chi connectivity index (χ0n) is 14.0. The van der Waals surface area contributed by atoms with E-state index in [0.717, 1.165) is 10.0 Å². The molecule has 4 rings (SSSR count). The Morgan fingerprint density at radius 3 is 2.81 bits per heavy atom. The first-order chi connectivity index (χ1) is 13.1. The Morgan fingerprint density at radius 1 is 1.15 bits per heavy atom. The number of halogens is 2. The average Bonchev–Trinajstić information content (AvgIpc) is 3.09. The summed E-state index contributed by atoms with van der Waals surface area (Å²) in [6.07, 6.45) is 3.40. The molecule has 0 unspecified atom stereocenters. The number of hydrogen-bond donors (Lipinski definition) is 0. The molecular formula is C20H13BrFN3OS. The van der Waals surface area contributed by atoms with Gasteiger partial charge in [-0.3, -0.25) is 14.7 Å². The van der Waals surface area contributed by atoms with Gasteiger partial charge < -0.3 is 0 Å². The molecule has 2 heterocycles. The Labute approximate surface area is 167 Å². The standard InChI is InChI=1S/C20H13BrFN3OS/c21-15-5-1-4-14(9-15)19(26)25(12-13-3-2-8-23-11-13)20-24-17-7-6-16(22)10-18(17)27-20/h1-11H,12H2. The second kappa shape index (κ2) is 7.54. The number of carbonyl (C=O) groups excluding carboxylic acids is 1. The second-order valence-corrected chi connectivity index (χ2v) is 7.80. The molecule has 0 fully saturated rings. The zero-order valence-corrected chi connectivity index (χ0v) is 16.4. The number of carbonyl (C=O) groups is 1. The topological polar surface area (TPSA) is 46.1 Å². The van der Waals surface area contributed by atoms with E-state index in [1.807, 2.05) is 24.3 Å². The maximum Gasteiger partial charge on any atom is 0.260 e. The molecule has 0 saturated carbocycles. The maximum atomic E-state index is 13.5. The summed E-state index contributed by atoms with van der Waals surface area (Å²) in [5.41, 5.74) is 2.08. The molecule has 0 aliphatic carbocycles. The molecule has 0 spiro atoms. The number of aromatic nitrogens is 2. The summed E-state index contributed by atoms with van der Waals surface area (Å²) in [7, 11) is 0. The van der Waals surface area contributed by atoms with Gasteiger partial charge in [-0.15, -0.1) is 0 Å². The fourth-order valence-electron chi connectivity index (χ4n) is 2.68. The van der Waals surface area contributed by atoms with Crippen LogP contribution in [0.5, 0.6) is 0 Å². The minimum Gasteiger partial charge on any atom is -0.279 e. The maximum absolute atomic E-state index is 13.5. The smallest absolute Gasteiger partial charge is 0.260 e. The predicted octanol–water partition coefficient (Wildman–Crippen LogP) is 5.44. The van der Waals surface area contributed by atoms with Gasteiger partial charge >= 0.3 is 0 Å². The third kappa shape index (κ3) is 3.89. The van der Waals surface area contributed by atoms with Gasteiger partial charge in [0.25, 0.3) is 5.91 Å². The summed E-state index contributed by atoms with van der Waals surface area (Å²) in [6, 6.07) is 15.4. The van der Waals surface area contributed by atoms with E-state index in [2.05, 4.69) is 25.9 Å².